The number of fused-ring (bicyclic) bond motifs is 1. The predicted octanol–water partition coefficient (Wildman–Crippen LogP) is 2.03. The molecule has 2 aromatic rings. The minimum Gasteiger partial charge on any atom is -0.451 e. The summed E-state index contributed by atoms with van der Waals surface area (Å²) in [4.78, 5) is 25.8. The van der Waals surface area contributed by atoms with Crippen LogP contribution in [0.25, 0.3) is 11.0 Å². The van der Waals surface area contributed by atoms with E-state index in [1.54, 1.807) is 31.3 Å². The number of carbonyl (C=O) groups is 2. The van der Waals surface area contributed by atoms with E-state index in [-0.39, 0.29) is 17.9 Å². The van der Waals surface area contributed by atoms with Crippen molar-refractivity contribution in [1.29, 1.82) is 0 Å². The SMILES string of the molecule is CNC(=O)CN1CCC(NC(=O)c2cc3cc(Cl)ccc3o2)CC1. The van der Waals surface area contributed by atoms with E-state index in [0.717, 1.165) is 31.3 Å². The van der Waals surface area contributed by atoms with Crippen LogP contribution in [0.2, 0.25) is 5.02 Å². The topological polar surface area (TPSA) is 74.6 Å². The highest BCUT2D eigenvalue weighted by Gasteiger charge is 2.23. The Labute approximate surface area is 145 Å². The van der Waals surface area contributed by atoms with E-state index in [1.165, 1.54) is 0 Å². The molecule has 2 heterocycles. The highest BCUT2D eigenvalue weighted by molar-refractivity contribution is 6.31. The van der Waals surface area contributed by atoms with Gasteiger partial charge in [0.15, 0.2) is 5.76 Å². The smallest absolute Gasteiger partial charge is 0.287 e. The number of likely N-dealkylation sites (tertiary alicyclic amines) is 1. The fraction of sp³-hybridized carbons (Fsp3) is 0.412. The Bertz CT molecular complexity index is 751. The van der Waals surface area contributed by atoms with E-state index >= 15 is 0 Å². The molecule has 2 N–H and O–H groups in total. The second-order valence-corrected chi connectivity index (χ2v) is 6.43. The first-order valence-electron chi connectivity index (χ1n) is 7.98. The van der Waals surface area contributed by atoms with Crippen LogP contribution in [0.1, 0.15) is 23.4 Å². The summed E-state index contributed by atoms with van der Waals surface area (Å²) in [6.45, 7) is 1.98. The Morgan fingerprint density at radius 3 is 2.75 bits per heavy atom. The number of nitrogens with zero attached hydrogens (tertiary/aromatic N) is 1. The minimum absolute atomic E-state index is 0.0124. The van der Waals surface area contributed by atoms with Gasteiger partial charge in [0.25, 0.3) is 5.91 Å². The van der Waals surface area contributed by atoms with Crippen LogP contribution < -0.4 is 10.6 Å². The summed E-state index contributed by atoms with van der Waals surface area (Å²) in [7, 11) is 1.63. The van der Waals surface area contributed by atoms with E-state index in [9.17, 15) is 9.59 Å². The van der Waals surface area contributed by atoms with Crippen LogP contribution >= 0.6 is 11.6 Å². The molecule has 6 nitrogen and oxygen atoms in total. The second kappa shape index (κ2) is 7.23. The van der Waals surface area contributed by atoms with Gasteiger partial charge in [-0.05, 0) is 37.1 Å². The monoisotopic (exact) mass is 349 g/mol. The van der Waals surface area contributed by atoms with Gasteiger partial charge in [-0.3, -0.25) is 14.5 Å². The molecule has 24 heavy (non-hydrogen) atoms. The number of nitrogens with one attached hydrogen (secondary N) is 2. The van der Waals surface area contributed by atoms with Gasteiger partial charge in [-0.2, -0.15) is 0 Å². The number of hydrogen-bond donors (Lipinski definition) is 2. The van der Waals surface area contributed by atoms with Crippen molar-refractivity contribution in [3.63, 3.8) is 0 Å². The molecule has 0 atom stereocenters. The molecule has 3 rings (SSSR count). The van der Waals surface area contributed by atoms with Crippen molar-refractivity contribution in [3.05, 3.63) is 35.0 Å². The third-order valence-corrected chi connectivity index (χ3v) is 4.51. The van der Waals surface area contributed by atoms with Crippen molar-refractivity contribution in [1.82, 2.24) is 15.5 Å². The lowest BCUT2D eigenvalue weighted by molar-refractivity contribution is -0.122. The number of furan rings is 1. The predicted molar refractivity (Wildman–Crippen MR) is 92.2 cm³/mol. The van der Waals surface area contributed by atoms with Crippen LogP contribution in [-0.2, 0) is 4.79 Å². The molecular formula is C17H20ClN3O3. The number of halogens is 1. The second-order valence-electron chi connectivity index (χ2n) is 5.99. The molecule has 1 saturated heterocycles. The standard InChI is InChI=1S/C17H20ClN3O3/c1-19-16(22)10-21-6-4-13(5-7-21)20-17(23)15-9-11-8-12(18)2-3-14(11)24-15/h2-3,8-9,13H,4-7,10H2,1H3,(H,19,22)(H,20,23). The quantitative estimate of drug-likeness (QED) is 0.885. The van der Waals surface area contributed by atoms with Crippen LogP contribution in [0.4, 0.5) is 0 Å². The van der Waals surface area contributed by atoms with Crippen LogP contribution in [0, 0.1) is 0 Å². The molecule has 1 fully saturated rings. The average Bonchev–Trinajstić information content (AvgIpc) is 2.99. The molecular weight excluding hydrogens is 330 g/mol. The molecule has 1 aliphatic rings. The molecule has 2 amide bonds. The Morgan fingerprint density at radius 1 is 1.29 bits per heavy atom. The van der Waals surface area contributed by atoms with Gasteiger partial charge in [0.05, 0.1) is 6.54 Å². The van der Waals surface area contributed by atoms with Crippen LogP contribution in [0.5, 0.6) is 0 Å². The number of likely N-dealkylation sites (N-methyl/N-ethyl adjacent to an activating group) is 1. The maximum Gasteiger partial charge on any atom is 0.287 e. The number of rotatable bonds is 4. The summed E-state index contributed by atoms with van der Waals surface area (Å²) >= 11 is 5.95. The fourth-order valence-electron chi connectivity index (χ4n) is 2.90. The van der Waals surface area contributed by atoms with Gasteiger partial charge in [-0.1, -0.05) is 11.6 Å². The van der Waals surface area contributed by atoms with Gasteiger partial charge < -0.3 is 15.1 Å². The number of amides is 2. The van der Waals surface area contributed by atoms with Crippen molar-refractivity contribution in [2.75, 3.05) is 26.7 Å². The maximum absolute atomic E-state index is 12.4. The Kier molecular flexibility index (Phi) is 5.06. The molecule has 0 saturated carbocycles. The summed E-state index contributed by atoms with van der Waals surface area (Å²) < 4.78 is 5.58. The Hall–Kier alpha value is -2.05. The number of hydrogen-bond acceptors (Lipinski definition) is 4. The van der Waals surface area contributed by atoms with Gasteiger partial charge >= 0.3 is 0 Å². The number of piperidine rings is 1. The normalized spacial score (nSPS) is 16.2. The van der Waals surface area contributed by atoms with Gasteiger partial charge in [-0.25, -0.2) is 0 Å². The molecule has 1 aromatic heterocycles. The van der Waals surface area contributed by atoms with E-state index < -0.39 is 0 Å². The Balaban J connectivity index is 1.56. The number of carbonyl (C=O) groups excluding carboxylic acids is 2. The molecule has 0 spiro atoms. The first-order valence-corrected chi connectivity index (χ1v) is 8.36. The van der Waals surface area contributed by atoms with Crippen LogP contribution in [-0.4, -0.2) is 49.4 Å². The zero-order valence-electron chi connectivity index (χ0n) is 13.5. The van der Waals surface area contributed by atoms with Crippen LogP contribution in [0.15, 0.2) is 28.7 Å². The van der Waals surface area contributed by atoms with Gasteiger partial charge in [0.2, 0.25) is 5.91 Å². The molecule has 1 aliphatic heterocycles. The van der Waals surface area contributed by atoms with Gasteiger partial charge in [0.1, 0.15) is 5.58 Å². The average molecular weight is 350 g/mol. The van der Waals surface area contributed by atoms with Crippen molar-refractivity contribution < 1.29 is 14.0 Å². The highest BCUT2D eigenvalue weighted by Crippen LogP contribution is 2.23. The number of benzene rings is 1. The lowest BCUT2D eigenvalue weighted by atomic mass is 10.0. The van der Waals surface area contributed by atoms with E-state index in [2.05, 4.69) is 15.5 Å². The zero-order valence-corrected chi connectivity index (χ0v) is 14.2. The van der Waals surface area contributed by atoms with Crippen molar-refractivity contribution in [3.8, 4) is 0 Å². The third kappa shape index (κ3) is 3.88. The Morgan fingerprint density at radius 2 is 2.04 bits per heavy atom. The van der Waals surface area contributed by atoms with E-state index in [4.69, 9.17) is 16.0 Å². The fourth-order valence-corrected chi connectivity index (χ4v) is 3.08. The molecule has 0 radical (unpaired) electrons. The highest BCUT2D eigenvalue weighted by atomic mass is 35.5. The molecule has 1 aromatic carbocycles. The summed E-state index contributed by atoms with van der Waals surface area (Å²) in [6, 6.07) is 7.06. The molecule has 128 valence electrons. The van der Waals surface area contributed by atoms with Crippen molar-refractivity contribution in [2.24, 2.45) is 0 Å². The first-order chi connectivity index (χ1) is 11.5. The van der Waals surface area contributed by atoms with Crippen LogP contribution in [0.3, 0.4) is 0 Å². The molecule has 0 unspecified atom stereocenters. The summed E-state index contributed by atoms with van der Waals surface area (Å²) in [5.41, 5.74) is 0.643. The first kappa shape index (κ1) is 16.8. The minimum atomic E-state index is -0.216. The summed E-state index contributed by atoms with van der Waals surface area (Å²) in [5, 5.41) is 7.05. The molecule has 0 bridgehead atoms. The molecule has 7 heteroatoms. The van der Waals surface area contributed by atoms with E-state index in [1.807, 2.05) is 0 Å². The lowest BCUT2D eigenvalue weighted by Crippen LogP contribution is -2.47. The maximum atomic E-state index is 12.4. The molecule has 0 aliphatic carbocycles. The summed E-state index contributed by atoms with van der Waals surface area (Å²) in [5.74, 6) is 0.0885. The van der Waals surface area contributed by atoms with E-state index in [0.29, 0.717) is 22.9 Å². The van der Waals surface area contributed by atoms with Gasteiger partial charge in [0, 0.05) is 36.6 Å². The van der Waals surface area contributed by atoms with Gasteiger partial charge in [-0.15, -0.1) is 0 Å². The lowest BCUT2D eigenvalue weighted by Gasteiger charge is -2.31. The summed E-state index contributed by atoms with van der Waals surface area (Å²) in [6.07, 6.45) is 1.63. The van der Waals surface area contributed by atoms with Crippen molar-refractivity contribution >= 4 is 34.4 Å². The largest absolute Gasteiger partial charge is 0.451 e. The third-order valence-electron chi connectivity index (χ3n) is 4.27. The zero-order chi connectivity index (χ0) is 17.1. The van der Waals surface area contributed by atoms with Crippen molar-refractivity contribution in [2.45, 2.75) is 18.9 Å².